The van der Waals surface area contributed by atoms with E-state index < -0.39 is 11.3 Å². The van der Waals surface area contributed by atoms with Gasteiger partial charge in [0.25, 0.3) is 0 Å². The lowest BCUT2D eigenvalue weighted by Gasteiger charge is -2.36. The van der Waals surface area contributed by atoms with Gasteiger partial charge in [-0.15, -0.1) is 13.2 Å². The molecule has 0 N–H and O–H groups in total. The zero-order chi connectivity index (χ0) is 32.1. The first kappa shape index (κ1) is 31.9. The van der Waals surface area contributed by atoms with Crippen molar-refractivity contribution in [3.8, 4) is 17.5 Å². The van der Waals surface area contributed by atoms with Gasteiger partial charge in [-0.05, 0) is 91.3 Å². The molecular formula is C32H37F3N4O7. The molecular weight excluding hydrogens is 609 g/mol. The Balaban J connectivity index is 0.996. The average Bonchev–Trinajstić information content (AvgIpc) is 3.49. The SMILES string of the molecule is O=[N+]([O-])c1cn2c(n1)OC(COc1ccc(N3CCC(CC(OC4CCCCO4)c4ccc(OC(F)(F)F)cc4)CC3)cc1)CC2. The Bertz CT molecular complexity index is 1440. The largest absolute Gasteiger partial charge is 0.573 e. The van der Waals surface area contributed by atoms with Crippen molar-refractivity contribution >= 4 is 11.5 Å². The first-order valence-electron chi connectivity index (χ1n) is 15.7. The van der Waals surface area contributed by atoms with Gasteiger partial charge in [-0.1, -0.05) is 12.1 Å². The zero-order valence-electron chi connectivity index (χ0n) is 25.3. The van der Waals surface area contributed by atoms with E-state index in [2.05, 4.69) is 14.6 Å². The minimum absolute atomic E-state index is 0.230. The van der Waals surface area contributed by atoms with E-state index in [-0.39, 0.29) is 36.1 Å². The van der Waals surface area contributed by atoms with E-state index in [1.165, 1.54) is 18.3 Å². The molecule has 0 bridgehead atoms. The van der Waals surface area contributed by atoms with Crippen molar-refractivity contribution in [2.45, 2.75) is 76.4 Å². The van der Waals surface area contributed by atoms with Crippen molar-refractivity contribution in [1.29, 1.82) is 0 Å². The van der Waals surface area contributed by atoms with Crippen LogP contribution in [0.3, 0.4) is 0 Å². The molecule has 0 amide bonds. The third-order valence-corrected chi connectivity index (χ3v) is 8.62. The molecule has 0 spiro atoms. The van der Waals surface area contributed by atoms with Crippen LogP contribution >= 0.6 is 0 Å². The van der Waals surface area contributed by atoms with Crippen LogP contribution in [0, 0.1) is 16.0 Å². The third kappa shape index (κ3) is 8.40. The van der Waals surface area contributed by atoms with Gasteiger partial charge in [0.2, 0.25) is 0 Å². The third-order valence-electron chi connectivity index (χ3n) is 8.62. The zero-order valence-corrected chi connectivity index (χ0v) is 25.3. The normalized spacial score (nSPS) is 21.2. The highest BCUT2D eigenvalue weighted by Gasteiger charge is 2.32. The van der Waals surface area contributed by atoms with E-state index >= 15 is 0 Å². The second-order valence-corrected chi connectivity index (χ2v) is 11.9. The highest BCUT2D eigenvalue weighted by atomic mass is 19.4. The molecule has 14 heteroatoms. The molecule has 11 nitrogen and oxygen atoms in total. The number of ether oxygens (including phenoxy) is 5. The molecule has 248 valence electrons. The smallest absolute Gasteiger partial charge is 0.490 e. The van der Waals surface area contributed by atoms with Crippen LogP contribution in [0.4, 0.5) is 24.7 Å². The summed E-state index contributed by atoms with van der Waals surface area (Å²) >= 11 is 0. The highest BCUT2D eigenvalue weighted by molar-refractivity contribution is 5.49. The minimum atomic E-state index is -4.74. The van der Waals surface area contributed by atoms with Gasteiger partial charge in [0.1, 0.15) is 30.4 Å². The Morgan fingerprint density at radius 3 is 2.39 bits per heavy atom. The van der Waals surface area contributed by atoms with Crippen LogP contribution in [0.25, 0.3) is 0 Å². The number of halogens is 3. The number of piperidine rings is 1. The summed E-state index contributed by atoms with van der Waals surface area (Å²) in [5.41, 5.74) is 1.91. The van der Waals surface area contributed by atoms with Gasteiger partial charge >= 0.3 is 18.2 Å². The number of alkyl halides is 3. The van der Waals surface area contributed by atoms with Crippen LogP contribution < -0.4 is 19.1 Å². The molecule has 2 aromatic carbocycles. The number of aromatic nitrogens is 2. The van der Waals surface area contributed by atoms with E-state index in [0.717, 1.165) is 62.9 Å². The summed E-state index contributed by atoms with van der Waals surface area (Å²) in [5, 5.41) is 11.0. The number of nitro groups is 1. The van der Waals surface area contributed by atoms with Gasteiger partial charge in [-0.3, -0.25) is 4.57 Å². The Kier molecular flexibility index (Phi) is 9.83. The van der Waals surface area contributed by atoms with Crippen molar-refractivity contribution in [2.24, 2.45) is 5.92 Å². The maximum absolute atomic E-state index is 12.7. The number of benzene rings is 2. The predicted octanol–water partition coefficient (Wildman–Crippen LogP) is 6.81. The second-order valence-electron chi connectivity index (χ2n) is 11.9. The van der Waals surface area contributed by atoms with Crippen LogP contribution in [0.5, 0.6) is 17.5 Å². The number of fused-ring (bicyclic) bond motifs is 1. The summed E-state index contributed by atoms with van der Waals surface area (Å²) in [6.45, 7) is 3.25. The lowest BCUT2D eigenvalue weighted by molar-refractivity contribution is -0.389. The summed E-state index contributed by atoms with van der Waals surface area (Å²) in [6.07, 6.45) is 1.90. The predicted molar refractivity (Wildman–Crippen MR) is 160 cm³/mol. The minimum Gasteiger partial charge on any atom is -0.490 e. The molecule has 3 unspecified atom stereocenters. The van der Waals surface area contributed by atoms with Crippen LogP contribution in [0.15, 0.2) is 54.7 Å². The lowest BCUT2D eigenvalue weighted by atomic mass is 9.88. The topological polar surface area (TPSA) is 110 Å². The van der Waals surface area contributed by atoms with E-state index in [4.69, 9.17) is 18.9 Å². The number of rotatable bonds is 11. The first-order chi connectivity index (χ1) is 22.2. The maximum Gasteiger partial charge on any atom is 0.573 e. The summed E-state index contributed by atoms with van der Waals surface area (Å²) < 4.78 is 67.6. The van der Waals surface area contributed by atoms with Crippen LogP contribution in [0.2, 0.25) is 0 Å². The number of anilines is 1. The first-order valence-corrected chi connectivity index (χ1v) is 15.7. The van der Waals surface area contributed by atoms with Gasteiger partial charge in [0, 0.05) is 43.3 Å². The maximum atomic E-state index is 12.7. The van der Waals surface area contributed by atoms with Gasteiger partial charge in [0.15, 0.2) is 6.29 Å². The fraction of sp³-hybridized carbons (Fsp3) is 0.531. The fourth-order valence-electron chi connectivity index (χ4n) is 6.16. The van der Waals surface area contributed by atoms with Gasteiger partial charge in [0.05, 0.1) is 6.10 Å². The molecule has 2 fully saturated rings. The van der Waals surface area contributed by atoms with Gasteiger partial charge in [-0.2, -0.15) is 0 Å². The highest BCUT2D eigenvalue weighted by Crippen LogP contribution is 2.36. The van der Waals surface area contributed by atoms with Crippen LogP contribution in [-0.4, -0.2) is 59.5 Å². The molecule has 4 heterocycles. The molecule has 46 heavy (non-hydrogen) atoms. The van der Waals surface area contributed by atoms with Crippen molar-refractivity contribution in [2.75, 3.05) is 31.2 Å². The Morgan fingerprint density at radius 2 is 1.72 bits per heavy atom. The monoisotopic (exact) mass is 646 g/mol. The number of hydrogen-bond acceptors (Lipinski definition) is 9. The number of nitrogens with zero attached hydrogens (tertiary/aromatic N) is 4. The van der Waals surface area contributed by atoms with Crippen molar-refractivity contribution in [3.05, 3.63) is 70.4 Å². The Hall–Kier alpha value is -4.04. The molecule has 3 aliphatic rings. The molecule has 3 aliphatic heterocycles. The standard InChI is InChI=1S/C32H37F3N4O7/c33-32(34,35)46-26-8-4-23(5-9-26)28(45-30-3-1-2-18-42-30)19-22-12-15-37(16-13-22)24-6-10-25(11-7-24)43-21-27-14-17-38-20-29(39(40)41)36-31(38)44-27/h4-11,20,22,27-28,30H,1-3,12-19,21H2. The number of imidazole rings is 1. The van der Waals surface area contributed by atoms with E-state index in [9.17, 15) is 23.3 Å². The van der Waals surface area contributed by atoms with Crippen molar-refractivity contribution in [3.63, 3.8) is 0 Å². The molecule has 3 atom stereocenters. The Labute approximate surface area is 264 Å². The molecule has 0 aliphatic carbocycles. The van der Waals surface area contributed by atoms with Crippen molar-refractivity contribution in [1.82, 2.24) is 9.55 Å². The van der Waals surface area contributed by atoms with E-state index in [1.54, 1.807) is 16.7 Å². The van der Waals surface area contributed by atoms with E-state index in [1.807, 2.05) is 24.3 Å². The van der Waals surface area contributed by atoms with Crippen LogP contribution in [0.1, 0.15) is 56.6 Å². The summed E-state index contributed by atoms with van der Waals surface area (Å²) in [7, 11) is 0. The van der Waals surface area contributed by atoms with Gasteiger partial charge < -0.3 is 38.7 Å². The average molecular weight is 647 g/mol. The van der Waals surface area contributed by atoms with Crippen molar-refractivity contribution < 1.29 is 41.8 Å². The molecule has 1 aromatic heterocycles. The molecule has 2 saturated heterocycles. The lowest BCUT2D eigenvalue weighted by Crippen LogP contribution is -2.34. The molecule has 0 radical (unpaired) electrons. The number of aryl methyl sites for hydroxylation is 1. The fourth-order valence-corrected chi connectivity index (χ4v) is 6.16. The Morgan fingerprint density at radius 1 is 0.978 bits per heavy atom. The molecule has 0 saturated carbocycles. The summed E-state index contributed by atoms with van der Waals surface area (Å²) in [4.78, 5) is 16.7. The molecule has 6 rings (SSSR count). The summed E-state index contributed by atoms with van der Waals surface area (Å²) in [5.74, 6) is 0.605. The molecule has 3 aromatic rings. The van der Waals surface area contributed by atoms with E-state index in [0.29, 0.717) is 37.8 Å². The van der Waals surface area contributed by atoms with Gasteiger partial charge in [-0.25, -0.2) is 0 Å². The van der Waals surface area contributed by atoms with Crippen LogP contribution in [-0.2, 0) is 16.0 Å². The second kappa shape index (κ2) is 14.2. The number of hydrogen-bond donors (Lipinski definition) is 0. The quantitative estimate of drug-likeness (QED) is 0.164. The summed E-state index contributed by atoms with van der Waals surface area (Å²) in [6, 6.07) is 14.1.